The standard InChI is InChI=1S/C13H21N3O4S/c1-10-12(11(2)20-14-10)9-13(17)15-5-4-6-16(8-7-15)21(3,18)19/h4-9H2,1-3H3. The Balaban J connectivity index is 2.01. The summed E-state index contributed by atoms with van der Waals surface area (Å²) < 4.78 is 29.6. The monoisotopic (exact) mass is 315 g/mol. The van der Waals surface area contributed by atoms with Gasteiger partial charge in [-0.3, -0.25) is 4.79 Å². The summed E-state index contributed by atoms with van der Waals surface area (Å²) >= 11 is 0. The molecule has 2 rings (SSSR count). The molecule has 0 aliphatic carbocycles. The van der Waals surface area contributed by atoms with E-state index in [2.05, 4.69) is 5.16 Å². The number of hydrogen-bond acceptors (Lipinski definition) is 5. The van der Waals surface area contributed by atoms with E-state index < -0.39 is 10.0 Å². The summed E-state index contributed by atoms with van der Waals surface area (Å²) in [5.41, 5.74) is 1.55. The maximum absolute atomic E-state index is 12.4. The minimum atomic E-state index is -3.19. The number of sulfonamides is 1. The van der Waals surface area contributed by atoms with Crippen LogP contribution in [0, 0.1) is 13.8 Å². The number of carbonyl (C=O) groups is 1. The maximum atomic E-state index is 12.4. The minimum absolute atomic E-state index is 0.0141. The summed E-state index contributed by atoms with van der Waals surface area (Å²) in [5, 5.41) is 3.84. The van der Waals surface area contributed by atoms with E-state index in [-0.39, 0.29) is 12.3 Å². The maximum Gasteiger partial charge on any atom is 0.227 e. The number of rotatable bonds is 3. The van der Waals surface area contributed by atoms with E-state index in [0.29, 0.717) is 38.4 Å². The molecule has 118 valence electrons. The fourth-order valence-corrected chi connectivity index (χ4v) is 3.37. The Hall–Kier alpha value is -1.41. The number of amides is 1. The predicted molar refractivity (Wildman–Crippen MR) is 77.3 cm³/mol. The van der Waals surface area contributed by atoms with Crippen molar-refractivity contribution in [3.8, 4) is 0 Å². The lowest BCUT2D eigenvalue weighted by molar-refractivity contribution is -0.130. The fraction of sp³-hybridized carbons (Fsp3) is 0.692. The Morgan fingerprint density at radius 3 is 2.52 bits per heavy atom. The molecule has 2 heterocycles. The first kappa shape index (κ1) is 16.0. The molecular weight excluding hydrogens is 294 g/mol. The van der Waals surface area contributed by atoms with Crippen molar-refractivity contribution in [1.29, 1.82) is 0 Å². The highest BCUT2D eigenvalue weighted by atomic mass is 32.2. The molecule has 1 aromatic rings. The lowest BCUT2D eigenvalue weighted by Gasteiger charge is -2.21. The van der Waals surface area contributed by atoms with E-state index in [4.69, 9.17) is 4.52 Å². The van der Waals surface area contributed by atoms with Gasteiger partial charge in [-0.2, -0.15) is 0 Å². The van der Waals surface area contributed by atoms with Crippen LogP contribution in [0.15, 0.2) is 4.52 Å². The Bertz CT molecular complexity index is 604. The van der Waals surface area contributed by atoms with E-state index in [1.807, 2.05) is 6.92 Å². The van der Waals surface area contributed by atoms with Crippen molar-refractivity contribution in [2.24, 2.45) is 0 Å². The van der Waals surface area contributed by atoms with Crippen molar-refractivity contribution in [2.75, 3.05) is 32.4 Å². The van der Waals surface area contributed by atoms with Gasteiger partial charge in [0.05, 0.1) is 18.4 Å². The van der Waals surface area contributed by atoms with Gasteiger partial charge in [-0.25, -0.2) is 12.7 Å². The third-order valence-electron chi connectivity index (χ3n) is 3.79. The van der Waals surface area contributed by atoms with Gasteiger partial charge in [0, 0.05) is 31.7 Å². The Morgan fingerprint density at radius 1 is 1.24 bits per heavy atom. The molecule has 0 atom stereocenters. The van der Waals surface area contributed by atoms with Crippen LogP contribution in [0.25, 0.3) is 0 Å². The van der Waals surface area contributed by atoms with E-state index in [1.54, 1.807) is 11.8 Å². The zero-order valence-electron chi connectivity index (χ0n) is 12.6. The SMILES string of the molecule is Cc1noc(C)c1CC(=O)N1CCCN(S(C)(=O)=O)CC1. The van der Waals surface area contributed by atoms with Gasteiger partial charge in [0.25, 0.3) is 0 Å². The molecule has 1 aromatic heterocycles. The molecule has 21 heavy (non-hydrogen) atoms. The average Bonchev–Trinajstić information content (AvgIpc) is 2.64. The van der Waals surface area contributed by atoms with E-state index in [0.717, 1.165) is 11.3 Å². The van der Waals surface area contributed by atoms with Gasteiger partial charge in [-0.05, 0) is 20.3 Å². The summed E-state index contributed by atoms with van der Waals surface area (Å²) in [5.74, 6) is 0.646. The van der Waals surface area contributed by atoms with Crippen molar-refractivity contribution in [3.63, 3.8) is 0 Å². The second kappa shape index (κ2) is 6.15. The number of aromatic nitrogens is 1. The van der Waals surface area contributed by atoms with Gasteiger partial charge >= 0.3 is 0 Å². The molecule has 1 amide bonds. The topological polar surface area (TPSA) is 83.7 Å². The van der Waals surface area contributed by atoms with Gasteiger partial charge in [0.2, 0.25) is 15.9 Å². The Kier molecular flexibility index (Phi) is 4.67. The van der Waals surface area contributed by atoms with Crippen molar-refractivity contribution in [1.82, 2.24) is 14.4 Å². The number of hydrogen-bond donors (Lipinski definition) is 0. The highest BCUT2D eigenvalue weighted by Crippen LogP contribution is 2.15. The quantitative estimate of drug-likeness (QED) is 0.802. The molecule has 0 radical (unpaired) electrons. The van der Waals surface area contributed by atoms with Crippen molar-refractivity contribution < 1.29 is 17.7 Å². The van der Waals surface area contributed by atoms with Crippen LogP contribution < -0.4 is 0 Å². The van der Waals surface area contributed by atoms with Crippen LogP contribution in [0.5, 0.6) is 0 Å². The lowest BCUT2D eigenvalue weighted by atomic mass is 10.1. The smallest absolute Gasteiger partial charge is 0.227 e. The van der Waals surface area contributed by atoms with Crippen LogP contribution in [0.1, 0.15) is 23.4 Å². The highest BCUT2D eigenvalue weighted by molar-refractivity contribution is 7.88. The van der Waals surface area contributed by atoms with Crippen molar-refractivity contribution in [3.05, 3.63) is 17.0 Å². The molecule has 0 aromatic carbocycles. The predicted octanol–water partition coefficient (Wildman–Crippen LogP) is 0.328. The minimum Gasteiger partial charge on any atom is -0.361 e. The molecule has 8 heteroatoms. The third kappa shape index (κ3) is 3.82. The molecule has 1 saturated heterocycles. The van der Waals surface area contributed by atoms with Gasteiger partial charge in [0.15, 0.2) is 0 Å². The highest BCUT2D eigenvalue weighted by Gasteiger charge is 2.25. The number of carbonyl (C=O) groups excluding carboxylic acids is 1. The van der Waals surface area contributed by atoms with E-state index >= 15 is 0 Å². The first-order valence-corrected chi connectivity index (χ1v) is 8.78. The van der Waals surface area contributed by atoms with Crippen LogP contribution in [0.2, 0.25) is 0 Å². The number of aryl methyl sites for hydroxylation is 2. The zero-order chi connectivity index (χ0) is 15.6. The first-order valence-electron chi connectivity index (χ1n) is 6.93. The van der Waals surface area contributed by atoms with Gasteiger partial charge in [-0.1, -0.05) is 5.16 Å². The molecule has 0 unspecified atom stereocenters. The van der Waals surface area contributed by atoms with Crippen LogP contribution in [-0.4, -0.2) is 61.1 Å². The summed E-state index contributed by atoms with van der Waals surface area (Å²) in [6.07, 6.45) is 2.11. The molecule has 0 spiro atoms. The third-order valence-corrected chi connectivity index (χ3v) is 5.09. The van der Waals surface area contributed by atoms with Crippen LogP contribution in [0.3, 0.4) is 0 Å². The van der Waals surface area contributed by atoms with Gasteiger partial charge < -0.3 is 9.42 Å². The Labute approximate surface area is 124 Å². The van der Waals surface area contributed by atoms with Crippen molar-refractivity contribution in [2.45, 2.75) is 26.7 Å². The largest absolute Gasteiger partial charge is 0.361 e. The normalized spacial score (nSPS) is 17.8. The second-order valence-electron chi connectivity index (χ2n) is 5.38. The molecule has 0 saturated carbocycles. The zero-order valence-corrected chi connectivity index (χ0v) is 13.4. The van der Waals surface area contributed by atoms with Crippen molar-refractivity contribution >= 4 is 15.9 Å². The van der Waals surface area contributed by atoms with E-state index in [9.17, 15) is 13.2 Å². The lowest BCUT2D eigenvalue weighted by Crippen LogP contribution is -2.37. The average molecular weight is 315 g/mol. The first-order chi connectivity index (χ1) is 9.79. The second-order valence-corrected chi connectivity index (χ2v) is 7.36. The van der Waals surface area contributed by atoms with E-state index in [1.165, 1.54) is 10.6 Å². The molecular formula is C13H21N3O4S. The molecule has 0 N–H and O–H groups in total. The van der Waals surface area contributed by atoms with Gasteiger partial charge in [-0.15, -0.1) is 0 Å². The Morgan fingerprint density at radius 2 is 1.95 bits per heavy atom. The molecule has 1 fully saturated rings. The van der Waals surface area contributed by atoms with Crippen LogP contribution in [0.4, 0.5) is 0 Å². The molecule has 1 aliphatic heterocycles. The summed E-state index contributed by atoms with van der Waals surface area (Å²) in [4.78, 5) is 14.1. The number of nitrogens with zero attached hydrogens (tertiary/aromatic N) is 3. The summed E-state index contributed by atoms with van der Waals surface area (Å²) in [6, 6.07) is 0. The summed E-state index contributed by atoms with van der Waals surface area (Å²) in [7, 11) is -3.19. The van der Waals surface area contributed by atoms with Crippen LogP contribution in [-0.2, 0) is 21.2 Å². The van der Waals surface area contributed by atoms with Crippen LogP contribution >= 0.6 is 0 Å². The molecule has 0 bridgehead atoms. The fourth-order valence-electron chi connectivity index (χ4n) is 2.49. The molecule has 7 nitrogen and oxygen atoms in total. The molecule has 1 aliphatic rings. The summed E-state index contributed by atoms with van der Waals surface area (Å²) in [6.45, 7) is 5.42. The van der Waals surface area contributed by atoms with Gasteiger partial charge in [0.1, 0.15) is 5.76 Å².